The lowest BCUT2D eigenvalue weighted by atomic mass is 9.78. The minimum atomic E-state index is -0.252. The molecule has 0 radical (unpaired) electrons. The lowest BCUT2D eigenvalue weighted by molar-refractivity contribution is 0.0454. The van der Waals surface area contributed by atoms with E-state index in [2.05, 4.69) is 16.3 Å². The number of methoxy groups -OCH3 is 1. The molecule has 0 spiro atoms. The number of nitrogens with one attached hydrogen (secondary N) is 1. The number of likely N-dealkylation sites (tertiary alicyclic amines) is 1. The van der Waals surface area contributed by atoms with Gasteiger partial charge >= 0.3 is 0 Å². The maximum absolute atomic E-state index is 9.72. The second kappa shape index (κ2) is 6.64. The van der Waals surface area contributed by atoms with E-state index in [-0.39, 0.29) is 5.54 Å². The van der Waals surface area contributed by atoms with Gasteiger partial charge in [0.05, 0.1) is 12.7 Å². The maximum Gasteiger partial charge on any atom is 0.108 e. The van der Waals surface area contributed by atoms with Crippen molar-refractivity contribution in [2.75, 3.05) is 26.8 Å². The van der Waals surface area contributed by atoms with Crippen molar-refractivity contribution in [3.63, 3.8) is 0 Å². The molecule has 0 bridgehead atoms. The molecule has 2 saturated carbocycles. The standard InChI is InChI=1S/C17H29N3O/c1-21-12-14-4-3-9-20(11-14)16-5-2-8-17(10-16,13-18)19-15-6-7-15/h14-16,19H,2-12H2,1H3. The number of nitriles is 1. The molecule has 1 N–H and O–H groups in total. The summed E-state index contributed by atoms with van der Waals surface area (Å²) in [5.41, 5.74) is -0.252. The van der Waals surface area contributed by atoms with Gasteiger partial charge in [-0.2, -0.15) is 5.26 Å². The Bertz CT molecular complexity index is 388. The topological polar surface area (TPSA) is 48.3 Å². The fraction of sp³-hybridized carbons (Fsp3) is 0.941. The average Bonchev–Trinajstić information content (AvgIpc) is 3.32. The first-order chi connectivity index (χ1) is 10.2. The van der Waals surface area contributed by atoms with Crippen LogP contribution < -0.4 is 5.32 Å². The van der Waals surface area contributed by atoms with E-state index in [4.69, 9.17) is 4.74 Å². The van der Waals surface area contributed by atoms with Crippen LogP contribution in [0.25, 0.3) is 0 Å². The van der Waals surface area contributed by atoms with Gasteiger partial charge in [0.25, 0.3) is 0 Å². The Kier molecular flexibility index (Phi) is 4.83. The van der Waals surface area contributed by atoms with Crippen LogP contribution in [0, 0.1) is 17.2 Å². The molecule has 0 aromatic rings. The van der Waals surface area contributed by atoms with Crippen molar-refractivity contribution in [2.45, 2.75) is 69.0 Å². The lowest BCUT2D eigenvalue weighted by Crippen LogP contribution is -2.55. The highest BCUT2D eigenvalue weighted by molar-refractivity contribution is 5.13. The zero-order valence-electron chi connectivity index (χ0n) is 13.3. The van der Waals surface area contributed by atoms with Gasteiger partial charge in [-0.25, -0.2) is 0 Å². The van der Waals surface area contributed by atoms with Gasteiger partial charge in [-0.05, 0) is 63.8 Å². The number of hydrogen-bond acceptors (Lipinski definition) is 4. The number of piperidine rings is 1. The first-order valence-corrected chi connectivity index (χ1v) is 8.66. The minimum Gasteiger partial charge on any atom is -0.384 e. The molecule has 1 saturated heterocycles. The molecular weight excluding hydrogens is 262 g/mol. The molecule has 0 aromatic heterocycles. The molecule has 4 heteroatoms. The highest BCUT2D eigenvalue weighted by Crippen LogP contribution is 2.35. The first kappa shape index (κ1) is 15.3. The predicted molar refractivity (Wildman–Crippen MR) is 82.9 cm³/mol. The SMILES string of the molecule is COCC1CCCN(C2CCCC(C#N)(NC3CC3)C2)C1. The molecule has 1 aliphatic heterocycles. The molecule has 3 rings (SSSR count). The molecule has 0 aromatic carbocycles. The minimum absolute atomic E-state index is 0.252. The summed E-state index contributed by atoms with van der Waals surface area (Å²) in [6.45, 7) is 3.24. The van der Waals surface area contributed by atoms with E-state index >= 15 is 0 Å². The van der Waals surface area contributed by atoms with E-state index in [1.165, 1.54) is 45.1 Å². The number of hydrogen-bond donors (Lipinski definition) is 1. The average molecular weight is 291 g/mol. The van der Waals surface area contributed by atoms with Crippen molar-refractivity contribution in [3.05, 3.63) is 0 Å². The van der Waals surface area contributed by atoms with Crippen LogP contribution in [0.1, 0.15) is 51.4 Å². The van der Waals surface area contributed by atoms with Crippen LogP contribution in [-0.2, 0) is 4.74 Å². The molecule has 4 nitrogen and oxygen atoms in total. The predicted octanol–water partition coefficient (Wildman–Crippen LogP) is 2.30. The third-order valence-corrected chi connectivity index (χ3v) is 5.47. The van der Waals surface area contributed by atoms with Crippen LogP contribution in [-0.4, -0.2) is 49.3 Å². The quantitative estimate of drug-likeness (QED) is 0.844. The summed E-state index contributed by atoms with van der Waals surface area (Å²) in [6.07, 6.45) is 9.58. The normalized spacial score (nSPS) is 38.1. The van der Waals surface area contributed by atoms with Crippen LogP contribution in [0.5, 0.6) is 0 Å². The summed E-state index contributed by atoms with van der Waals surface area (Å²) in [7, 11) is 1.81. The zero-order valence-corrected chi connectivity index (χ0v) is 13.3. The van der Waals surface area contributed by atoms with E-state index in [0.29, 0.717) is 18.0 Å². The molecule has 118 valence electrons. The van der Waals surface area contributed by atoms with Crippen molar-refractivity contribution in [1.82, 2.24) is 10.2 Å². The summed E-state index contributed by atoms with van der Waals surface area (Å²) in [4.78, 5) is 2.65. The summed E-state index contributed by atoms with van der Waals surface area (Å²) in [5, 5.41) is 13.4. The fourth-order valence-corrected chi connectivity index (χ4v) is 4.24. The zero-order chi connectivity index (χ0) is 14.7. The highest BCUT2D eigenvalue weighted by Gasteiger charge is 2.42. The van der Waals surface area contributed by atoms with Crippen LogP contribution >= 0.6 is 0 Å². The van der Waals surface area contributed by atoms with Gasteiger partial charge in [0, 0.05) is 25.7 Å². The summed E-state index contributed by atoms with van der Waals surface area (Å²) in [6, 6.07) is 3.84. The summed E-state index contributed by atoms with van der Waals surface area (Å²) < 4.78 is 5.35. The van der Waals surface area contributed by atoms with Gasteiger partial charge in [-0.1, -0.05) is 0 Å². The third-order valence-electron chi connectivity index (χ3n) is 5.47. The van der Waals surface area contributed by atoms with Gasteiger partial charge in [0.2, 0.25) is 0 Å². The monoisotopic (exact) mass is 291 g/mol. The van der Waals surface area contributed by atoms with Gasteiger partial charge < -0.3 is 4.74 Å². The molecule has 3 fully saturated rings. The van der Waals surface area contributed by atoms with Gasteiger partial charge in [-0.15, -0.1) is 0 Å². The van der Waals surface area contributed by atoms with E-state index in [0.717, 1.165) is 26.0 Å². The van der Waals surface area contributed by atoms with Crippen molar-refractivity contribution < 1.29 is 4.74 Å². The maximum atomic E-state index is 9.72. The Hall–Kier alpha value is -0.630. The lowest BCUT2D eigenvalue weighted by Gasteiger charge is -2.44. The molecule has 2 aliphatic carbocycles. The number of rotatable bonds is 5. The van der Waals surface area contributed by atoms with E-state index in [9.17, 15) is 5.26 Å². The van der Waals surface area contributed by atoms with Crippen molar-refractivity contribution in [2.24, 2.45) is 5.92 Å². The van der Waals surface area contributed by atoms with Gasteiger partial charge in [0.1, 0.15) is 5.54 Å². The van der Waals surface area contributed by atoms with Crippen LogP contribution in [0.3, 0.4) is 0 Å². The van der Waals surface area contributed by atoms with E-state index < -0.39 is 0 Å². The van der Waals surface area contributed by atoms with Gasteiger partial charge in [0.15, 0.2) is 0 Å². The number of nitrogens with zero attached hydrogens (tertiary/aromatic N) is 2. The molecule has 1 heterocycles. The third kappa shape index (κ3) is 3.77. The highest BCUT2D eigenvalue weighted by atomic mass is 16.5. The van der Waals surface area contributed by atoms with Gasteiger partial charge in [-0.3, -0.25) is 10.2 Å². The Morgan fingerprint density at radius 1 is 1.29 bits per heavy atom. The Morgan fingerprint density at radius 3 is 2.86 bits per heavy atom. The Morgan fingerprint density at radius 2 is 2.14 bits per heavy atom. The van der Waals surface area contributed by atoms with Crippen molar-refractivity contribution >= 4 is 0 Å². The first-order valence-electron chi connectivity index (χ1n) is 8.66. The smallest absolute Gasteiger partial charge is 0.108 e. The second-order valence-electron chi connectivity index (χ2n) is 7.32. The second-order valence-corrected chi connectivity index (χ2v) is 7.32. The molecule has 3 unspecified atom stereocenters. The van der Waals surface area contributed by atoms with Crippen LogP contribution in [0.4, 0.5) is 0 Å². The van der Waals surface area contributed by atoms with Crippen LogP contribution in [0.2, 0.25) is 0 Å². The van der Waals surface area contributed by atoms with Crippen molar-refractivity contribution in [3.8, 4) is 6.07 Å². The Labute approximate surface area is 128 Å². The molecular formula is C17H29N3O. The van der Waals surface area contributed by atoms with Crippen molar-refractivity contribution in [1.29, 1.82) is 5.26 Å². The molecule has 21 heavy (non-hydrogen) atoms. The number of ether oxygens (including phenoxy) is 1. The largest absolute Gasteiger partial charge is 0.384 e. The summed E-state index contributed by atoms with van der Waals surface area (Å²) in [5.74, 6) is 0.679. The van der Waals surface area contributed by atoms with E-state index in [1.54, 1.807) is 7.11 Å². The molecule has 0 amide bonds. The summed E-state index contributed by atoms with van der Waals surface area (Å²) >= 11 is 0. The molecule has 3 aliphatic rings. The van der Waals surface area contributed by atoms with Crippen LogP contribution in [0.15, 0.2) is 0 Å². The Balaban J connectivity index is 1.60. The fourth-order valence-electron chi connectivity index (χ4n) is 4.24. The van der Waals surface area contributed by atoms with E-state index in [1.807, 2.05) is 0 Å². The molecule has 3 atom stereocenters.